The highest BCUT2D eigenvalue weighted by atomic mass is 16.5. The van der Waals surface area contributed by atoms with Gasteiger partial charge in [-0.1, -0.05) is 18.2 Å². The lowest BCUT2D eigenvalue weighted by atomic mass is 10.1. The quantitative estimate of drug-likeness (QED) is 0.455. The van der Waals surface area contributed by atoms with Crippen molar-refractivity contribution in [3.05, 3.63) is 59.7 Å². The van der Waals surface area contributed by atoms with Gasteiger partial charge in [-0.15, -0.1) is 0 Å². The van der Waals surface area contributed by atoms with E-state index >= 15 is 0 Å². The molecule has 0 heterocycles. The second-order valence-corrected chi connectivity index (χ2v) is 6.71. The lowest BCUT2D eigenvalue weighted by molar-refractivity contribution is -0.142. The maximum atomic E-state index is 12.3. The molecule has 0 unspecified atom stereocenters. The number of para-hydroxylation sites is 1. The minimum Gasteiger partial charge on any atom is -0.504 e. The third-order valence-electron chi connectivity index (χ3n) is 4.32. The molecular formula is C22H22N2O6. The number of nitrogens with one attached hydrogen (secondary N) is 2. The van der Waals surface area contributed by atoms with Crippen molar-refractivity contribution in [1.29, 1.82) is 0 Å². The van der Waals surface area contributed by atoms with E-state index in [0.29, 0.717) is 16.8 Å². The Hall–Kier alpha value is -3.81. The number of phenolic OH excluding ortho intramolecular Hbond substituents is 1. The van der Waals surface area contributed by atoms with E-state index in [1.807, 2.05) is 0 Å². The molecule has 0 spiro atoms. The van der Waals surface area contributed by atoms with Gasteiger partial charge in [0.25, 0.3) is 11.8 Å². The summed E-state index contributed by atoms with van der Waals surface area (Å²) < 4.78 is 9.93. The van der Waals surface area contributed by atoms with Gasteiger partial charge in [-0.05, 0) is 48.7 Å². The minimum atomic E-state index is -0.711. The van der Waals surface area contributed by atoms with E-state index < -0.39 is 18.5 Å². The van der Waals surface area contributed by atoms with Crippen molar-refractivity contribution in [1.82, 2.24) is 5.32 Å². The van der Waals surface area contributed by atoms with Gasteiger partial charge in [0, 0.05) is 12.1 Å². The molecule has 3 rings (SSSR count). The topological polar surface area (TPSA) is 114 Å². The van der Waals surface area contributed by atoms with Crippen LogP contribution < -0.4 is 15.4 Å². The van der Waals surface area contributed by atoms with Crippen molar-refractivity contribution < 1.29 is 29.0 Å². The molecule has 2 aromatic carbocycles. The Labute approximate surface area is 173 Å². The molecule has 1 aliphatic rings. The lowest BCUT2D eigenvalue weighted by Gasteiger charge is -2.11. The summed E-state index contributed by atoms with van der Waals surface area (Å²) in [5.74, 6) is -1.27. The van der Waals surface area contributed by atoms with Crippen LogP contribution in [0.5, 0.6) is 11.5 Å². The van der Waals surface area contributed by atoms with Crippen LogP contribution in [0.1, 0.15) is 28.8 Å². The standard InChI is InChI=1S/C22H22N2O6/c1-29-19-12-14(6-10-18(19)25)7-11-21(27)30-13-20(26)24-17-5-3-2-4-16(17)22(28)23-15-8-9-15/h2-7,10-12,15,25H,8-9,13H2,1H3,(H,23,28)(H,24,26)/b11-7+. The summed E-state index contributed by atoms with van der Waals surface area (Å²) in [6.07, 6.45) is 4.55. The van der Waals surface area contributed by atoms with E-state index in [-0.39, 0.29) is 23.4 Å². The van der Waals surface area contributed by atoms with E-state index in [2.05, 4.69) is 10.6 Å². The molecule has 1 saturated carbocycles. The Morgan fingerprint density at radius 2 is 1.93 bits per heavy atom. The zero-order chi connectivity index (χ0) is 21.5. The molecule has 8 heteroatoms. The molecule has 8 nitrogen and oxygen atoms in total. The normalized spacial score (nSPS) is 13.0. The number of phenols is 1. The van der Waals surface area contributed by atoms with Crippen LogP contribution in [0.15, 0.2) is 48.5 Å². The summed E-state index contributed by atoms with van der Waals surface area (Å²) in [4.78, 5) is 36.3. The first-order chi connectivity index (χ1) is 14.5. The van der Waals surface area contributed by atoms with Crippen molar-refractivity contribution >= 4 is 29.5 Å². The Bertz CT molecular complexity index is 981. The molecule has 156 valence electrons. The van der Waals surface area contributed by atoms with E-state index in [4.69, 9.17) is 9.47 Å². The van der Waals surface area contributed by atoms with Gasteiger partial charge in [0.15, 0.2) is 18.1 Å². The van der Waals surface area contributed by atoms with Crippen molar-refractivity contribution in [2.75, 3.05) is 19.0 Å². The molecule has 0 aliphatic heterocycles. The van der Waals surface area contributed by atoms with Gasteiger partial charge in [-0.25, -0.2) is 4.79 Å². The number of hydrogen-bond donors (Lipinski definition) is 3. The van der Waals surface area contributed by atoms with Gasteiger partial charge in [0.2, 0.25) is 0 Å². The maximum Gasteiger partial charge on any atom is 0.331 e. The first kappa shape index (κ1) is 20.9. The SMILES string of the molecule is COc1cc(/C=C/C(=O)OCC(=O)Nc2ccccc2C(=O)NC2CC2)ccc1O. The number of ether oxygens (including phenoxy) is 2. The van der Waals surface area contributed by atoms with E-state index in [0.717, 1.165) is 18.9 Å². The number of hydrogen-bond acceptors (Lipinski definition) is 6. The Kier molecular flexibility index (Phi) is 6.69. The number of methoxy groups -OCH3 is 1. The third kappa shape index (κ3) is 5.84. The number of aromatic hydroxyl groups is 1. The lowest BCUT2D eigenvalue weighted by Crippen LogP contribution is -2.27. The van der Waals surface area contributed by atoms with Gasteiger partial charge in [-0.3, -0.25) is 9.59 Å². The zero-order valence-corrected chi connectivity index (χ0v) is 16.4. The predicted octanol–water partition coefficient (Wildman–Crippen LogP) is 2.49. The highest BCUT2D eigenvalue weighted by Crippen LogP contribution is 2.26. The van der Waals surface area contributed by atoms with Crippen molar-refractivity contribution in [3.8, 4) is 11.5 Å². The molecule has 0 saturated heterocycles. The molecule has 1 aliphatic carbocycles. The second kappa shape index (κ2) is 9.60. The summed E-state index contributed by atoms with van der Waals surface area (Å²) in [6.45, 7) is -0.499. The predicted molar refractivity (Wildman–Crippen MR) is 110 cm³/mol. The van der Waals surface area contributed by atoms with Crippen LogP contribution in [-0.4, -0.2) is 42.6 Å². The Balaban J connectivity index is 1.52. The second-order valence-electron chi connectivity index (χ2n) is 6.71. The number of amides is 2. The Morgan fingerprint density at radius 1 is 1.17 bits per heavy atom. The molecule has 1 fully saturated rings. The van der Waals surface area contributed by atoms with Crippen molar-refractivity contribution in [2.24, 2.45) is 0 Å². The highest BCUT2D eigenvalue weighted by molar-refractivity contribution is 6.04. The molecule has 0 aromatic heterocycles. The van der Waals surface area contributed by atoms with Gasteiger partial charge >= 0.3 is 5.97 Å². The summed E-state index contributed by atoms with van der Waals surface area (Å²) in [6, 6.07) is 11.4. The molecule has 2 amide bonds. The molecule has 2 aromatic rings. The smallest absolute Gasteiger partial charge is 0.331 e. The summed E-state index contributed by atoms with van der Waals surface area (Å²) in [5.41, 5.74) is 1.32. The monoisotopic (exact) mass is 410 g/mol. The number of rotatable bonds is 8. The van der Waals surface area contributed by atoms with E-state index in [1.165, 1.54) is 19.3 Å². The maximum absolute atomic E-state index is 12.3. The first-order valence-corrected chi connectivity index (χ1v) is 9.38. The van der Waals surface area contributed by atoms with E-state index in [1.54, 1.807) is 36.4 Å². The Morgan fingerprint density at radius 3 is 2.67 bits per heavy atom. The molecule has 30 heavy (non-hydrogen) atoms. The molecule has 0 atom stereocenters. The number of carbonyl (C=O) groups is 3. The van der Waals surface area contributed by atoms with Gasteiger partial charge in [0.1, 0.15) is 0 Å². The fourth-order valence-electron chi connectivity index (χ4n) is 2.61. The largest absolute Gasteiger partial charge is 0.504 e. The number of esters is 1. The van der Waals surface area contributed by atoms with Crippen LogP contribution in [0.2, 0.25) is 0 Å². The van der Waals surface area contributed by atoms with Crippen LogP contribution in [0.3, 0.4) is 0 Å². The highest BCUT2D eigenvalue weighted by Gasteiger charge is 2.25. The van der Waals surface area contributed by atoms with Crippen molar-refractivity contribution in [3.63, 3.8) is 0 Å². The summed E-state index contributed by atoms with van der Waals surface area (Å²) in [7, 11) is 1.42. The summed E-state index contributed by atoms with van der Waals surface area (Å²) in [5, 5.41) is 15.0. The fourth-order valence-corrected chi connectivity index (χ4v) is 2.61. The zero-order valence-electron chi connectivity index (χ0n) is 16.4. The van der Waals surface area contributed by atoms with Gasteiger partial charge < -0.3 is 25.2 Å². The summed E-state index contributed by atoms with van der Waals surface area (Å²) >= 11 is 0. The van der Waals surface area contributed by atoms with Crippen LogP contribution in [-0.2, 0) is 14.3 Å². The number of benzene rings is 2. The number of carbonyl (C=O) groups excluding carboxylic acids is 3. The van der Waals surface area contributed by atoms with Crippen LogP contribution in [0.4, 0.5) is 5.69 Å². The van der Waals surface area contributed by atoms with E-state index in [9.17, 15) is 19.5 Å². The molecular weight excluding hydrogens is 388 g/mol. The average Bonchev–Trinajstić information content (AvgIpc) is 3.56. The molecule has 3 N–H and O–H groups in total. The molecule has 0 bridgehead atoms. The molecule has 0 radical (unpaired) electrons. The van der Waals surface area contributed by atoms with Gasteiger partial charge in [0.05, 0.1) is 18.4 Å². The minimum absolute atomic E-state index is 0.0139. The fraction of sp³-hybridized carbons (Fsp3) is 0.227. The first-order valence-electron chi connectivity index (χ1n) is 9.38. The third-order valence-corrected chi connectivity index (χ3v) is 4.32. The van der Waals surface area contributed by atoms with Gasteiger partial charge in [-0.2, -0.15) is 0 Å². The van der Waals surface area contributed by atoms with Crippen LogP contribution in [0.25, 0.3) is 6.08 Å². The van der Waals surface area contributed by atoms with Crippen molar-refractivity contribution in [2.45, 2.75) is 18.9 Å². The average molecular weight is 410 g/mol. The van der Waals surface area contributed by atoms with Crippen LogP contribution in [0, 0.1) is 0 Å². The van der Waals surface area contributed by atoms with Crippen LogP contribution >= 0.6 is 0 Å². The number of anilines is 1.